The molecule has 0 bridgehead atoms. The van der Waals surface area contributed by atoms with Gasteiger partial charge in [0, 0.05) is 10.0 Å². The molecule has 0 spiro atoms. The molecule has 4 rings (SSSR count). The Balaban J connectivity index is 1.58. The molecule has 0 unspecified atom stereocenters. The number of imide groups is 2. The summed E-state index contributed by atoms with van der Waals surface area (Å²) in [7, 11) is 0. The van der Waals surface area contributed by atoms with Crippen LogP contribution in [-0.4, -0.2) is 17.8 Å². The normalized spacial score (nSPS) is 15.1. The zero-order valence-electron chi connectivity index (χ0n) is 16.8. The molecule has 0 radical (unpaired) electrons. The summed E-state index contributed by atoms with van der Waals surface area (Å²) in [5.41, 5.74) is 0.764. The molecule has 1 heterocycles. The van der Waals surface area contributed by atoms with E-state index in [2.05, 4.69) is 21.2 Å². The fourth-order valence-corrected chi connectivity index (χ4v) is 3.81. The number of nitrogens with zero attached hydrogens (tertiary/aromatic N) is 1. The third-order valence-corrected chi connectivity index (χ3v) is 5.87. The van der Waals surface area contributed by atoms with Crippen molar-refractivity contribution in [1.29, 1.82) is 0 Å². The number of ether oxygens (including phenoxy) is 1. The summed E-state index contributed by atoms with van der Waals surface area (Å²) >= 11 is 9.78. The van der Waals surface area contributed by atoms with Gasteiger partial charge in [0.2, 0.25) is 0 Å². The van der Waals surface area contributed by atoms with Gasteiger partial charge in [-0.05, 0) is 42.0 Å². The lowest BCUT2D eigenvalue weighted by atomic mass is 10.1. The lowest BCUT2D eigenvalue weighted by molar-refractivity contribution is -0.122. The van der Waals surface area contributed by atoms with E-state index in [-0.39, 0.29) is 22.9 Å². The van der Waals surface area contributed by atoms with Crippen LogP contribution >= 0.6 is 27.5 Å². The van der Waals surface area contributed by atoms with Gasteiger partial charge in [0.25, 0.3) is 11.8 Å². The van der Waals surface area contributed by atoms with E-state index in [1.165, 1.54) is 30.3 Å². The predicted octanol–water partition coefficient (Wildman–Crippen LogP) is 5.49. The highest BCUT2D eigenvalue weighted by molar-refractivity contribution is 9.10. The largest absolute Gasteiger partial charge is 0.487 e. The molecule has 1 aliphatic rings. The van der Waals surface area contributed by atoms with Crippen LogP contribution in [0.1, 0.15) is 11.1 Å². The Hall–Kier alpha value is -3.49. The summed E-state index contributed by atoms with van der Waals surface area (Å²) in [5, 5.41) is 2.32. The molecular weight excluding hydrogens is 515 g/mol. The van der Waals surface area contributed by atoms with E-state index in [1.54, 1.807) is 12.1 Å². The third-order valence-electron chi connectivity index (χ3n) is 4.80. The van der Waals surface area contributed by atoms with Crippen LogP contribution < -0.4 is 15.0 Å². The topological polar surface area (TPSA) is 75.7 Å². The van der Waals surface area contributed by atoms with E-state index >= 15 is 0 Å². The molecule has 0 atom stereocenters. The van der Waals surface area contributed by atoms with Crippen LogP contribution in [0, 0.1) is 5.82 Å². The first kappa shape index (κ1) is 22.7. The average molecular weight is 530 g/mol. The molecule has 4 amide bonds. The van der Waals surface area contributed by atoms with Gasteiger partial charge in [0.15, 0.2) is 0 Å². The summed E-state index contributed by atoms with van der Waals surface area (Å²) < 4.78 is 20.8. The van der Waals surface area contributed by atoms with Crippen molar-refractivity contribution in [2.45, 2.75) is 6.61 Å². The predicted molar refractivity (Wildman–Crippen MR) is 125 cm³/mol. The van der Waals surface area contributed by atoms with Crippen LogP contribution in [0.4, 0.5) is 14.9 Å². The van der Waals surface area contributed by atoms with E-state index in [0.717, 1.165) is 16.1 Å². The van der Waals surface area contributed by atoms with E-state index in [0.29, 0.717) is 16.2 Å². The number of hydrogen-bond donors (Lipinski definition) is 1. The van der Waals surface area contributed by atoms with Crippen molar-refractivity contribution >= 4 is 57.1 Å². The summed E-state index contributed by atoms with van der Waals surface area (Å²) in [6.07, 6.45) is 1.28. The molecule has 6 nitrogen and oxygen atoms in total. The second-order valence-corrected chi connectivity index (χ2v) is 8.24. The lowest BCUT2D eigenvalue weighted by Gasteiger charge is -2.26. The zero-order valence-corrected chi connectivity index (χ0v) is 19.2. The first-order valence-corrected chi connectivity index (χ1v) is 10.8. The summed E-state index contributed by atoms with van der Waals surface area (Å²) in [6.45, 7) is 0.280. The fourth-order valence-electron chi connectivity index (χ4n) is 3.17. The number of carbonyl (C=O) groups excluding carboxylic acids is 3. The number of halogens is 3. The minimum absolute atomic E-state index is 0.257. The monoisotopic (exact) mass is 528 g/mol. The van der Waals surface area contributed by atoms with Gasteiger partial charge in [-0.25, -0.2) is 14.1 Å². The smallest absolute Gasteiger partial charge is 0.336 e. The Morgan fingerprint density at radius 2 is 1.76 bits per heavy atom. The third kappa shape index (κ3) is 4.81. The van der Waals surface area contributed by atoms with Crippen LogP contribution in [-0.2, 0) is 16.2 Å². The first-order chi connectivity index (χ1) is 15.8. The molecule has 9 heteroatoms. The van der Waals surface area contributed by atoms with E-state index in [1.807, 2.05) is 24.3 Å². The molecule has 0 aliphatic carbocycles. The molecule has 1 aliphatic heterocycles. The maximum Gasteiger partial charge on any atom is 0.336 e. The van der Waals surface area contributed by atoms with Gasteiger partial charge in [-0.15, -0.1) is 0 Å². The first-order valence-electron chi connectivity index (χ1n) is 9.67. The Labute approximate surface area is 201 Å². The Morgan fingerprint density at radius 3 is 2.48 bits per heavy atom. The minimum atomic E-state index is -1.03. The van der Waals surface area contributed by atoms with Gasteiger partial charge >= 0.3 is 6.03 Å². The highest BCUT2D eigenvalue weighted by Crippen LogP contribution is 2.29. The Bertz CT molecular complexity index is 1310. The summed E-state index contributed by atoms with van der Waals surface area (Å²) in [6, 6.07) is 16.6. The number of carbonyl (C=O) groups is 3. The van der Waals surface area contributed by atoms with Crippen molar-refractivity contribution in [3.63, 3.8) is 0 Å². The molecule has 0 saturated carbocycles. The number of urea groups is 1. The van der Waals surface area contributed by atoms with Crippen LogP contribution in [0.3, 0.4) is 0 Å². The highest BCUT2D eigenvalue weighted by atomic mass is 79.9. The maximum atomic E-state index is 14.2. The van der Waals surface area contributed by atoms with E-state index < -0.39 is 23.7 Å². The SMILES string of the molecule is O=C1NC(=O)N(c2ccccc2F)C(=O)/C1=C\c1ccc(OCc2ccccc2Br)c(Cl)c1. The number of barbiturate groups is 1. The second kappa shape index (κ2) is 9.56. The van der Waals surface area contributed by atoms with Crippen LogP contribution in [0.15, 0.2) is 76.8 Å². The highest BCUT2D eigenvalue weighted by Gasteiger charge is 2.37. The van der Waals surface area contributed by atoms with E-state index in [4.69, 9.17) is 16.3 Å². The van der Waals surface area contributed by atoms with Crippen molar-refractivity contribution in [3.8, 4) is 5.75 Å². The van der Waals surface area contributed by atoms with Crippen molar-refractivity contribution in [2.24, 2.45) is 0 Å². The molecule has 166 valence electrons. The van der Waals surface area contributed by atoms with Crippen molar-refractivity contribution < 1.29 is 23.5 Å². The average Bonchev–Trinajstić information content (AvgIpc) is 2.78. The van der Waals surface area contributed by atoms with Crippen LogP contribution in [0.5, 0.6) is 5.75 Å². The van der Waals surface area contributed by atoms with Gasteiger partial charge in [-0.2, -0.15) is 0 Å². The molecule has 1 saturated heterocycles. The molecular formula is C24H15BrClFN2O4. The number of nitrogens with one attached hydrogen (secondary N) is 1. The second-order valence-electron chi connectivity index (χ2n) is 6.98. The number of para-hydroxylation sites is 1. The molecule has 3 aromatic rings. The maximum absolute atomic E-state index is 14.2. The standard InChI is InChI=1S/C24H15BrClFN2O4/c25-17-6-2-1-5-15(17)13-33-21-10-9-14(12-18(21)26)11-16-22(30)28-24(32)29(23(16)31)20-8-4-3-7-19(20)27/h1-12H,13H2,(H,28,30,32)/b16-11-. The molecule has 1 fully saturated rings. The van der Waals surface area contributed by atoms with Crippen molar-refractivity contribution in [3.05, 3.63) is 98.7 Å². The molecule has 3 aromatic carbocycles. The van der Waals surface area contributed by atoms with Gasteiger partial charge in [-0.1, -0.05) is 63.9 Å². The Kier molecular flexibility index (Phi) is 6.57. The van der Waals surface area contributed by atoms with Gasteiger partial charge in [0.05, 0.1) is 10.7 Å². The number of rotatable bonds is 5. The molecule has 1 N–H and O–H groups in total. The fraction of sp³-hybridized carbons (Fsp3) is 0.0417. The van der Waals surface area contributed by atoms with Crippen LogP contribution in [0.2, 0.25) is 5.02 Å². The van der Waals surface area contributed by atoms with Crippen molar-refractivity contribution in [2.75, 3.05) is 4.90 Å². The quantitative estimate of drug-likeness (QED) is 0.350. The molecule has 0 aromatic heterocycles. The minimum Gasteiger partial charge on any atom is -0.487 e. The Morgan fingerprint density at radius 1 is 1.03 bits per heavy atom. The zero-order chi connectivity index (χ0) is 23.5. The number of amides is 4. The molecule has 33 heavy (non-hydrogen) atoms. The van der Waals surface area contributed by atoms with Gasteiger partial charge < -0.3 is 4.74 Å². The number of hydrogen-bond acceptors (Lipinski definition) is 4. The van der Waals surface area contributed by atoms with Gasteiger partial charge in [-0.3, -0.25) is 14.9 Å². The summed E-state index contributed by atoms with van der Waals surface area (Å²) in [4.78, 5) is 38.0. The van der Waals surface area contributed by atoms with Gasteiger partial charge in [0.1, 0.15) is 23.7 Å². The number of anilines is 1. The van der Waals surface area contributed by atoms with E-state index in [9.17, 15) is 18.8 Å². The number of benzene rings is 3. The lowest BCUT2D eigenvalue weighted by Crippen LogP contribution is -2.54. The summed E-state index contributed by atoms with van der Waals surface area (Å²) in [5.74, 6) is -2.19. The van der Waals surface area contributed by atoms with Crippen molar-refractivity contribution in [1.82, 2.24) is 5.32 Å². The van der Waals surface area contributed by atoms with Crippen LogP contribution in [0.25, 0.3) is 6.08 Å².